The average Bonchev–Trinajstić information content (AvgIpc) is 2.30. The maximum absolute atomic E-state index is 11.2. The monoisotopic (exact) mass is 264 g/mol. The van der Waals surface area contributed by atoms with Crippen LogP contribution < -0.4 is 4.74 Å². The Kier molecular flexibility index (Phi) is 4.59. The molecule has 0 atom stereocenters. The maximum Gasteiger partial charge on any atom is 0.339 e. The van der Waals surface area contributed by atoms with Crippen molar-refractivity contribution in [2.45, 2.75) is 34.6 Å². The second-order valence-electron chi connectivity index (χ2n) is 4.83. The zero-order valence-electron chi connectivity index (χ0n) is 12.0. The molecule has 0 unspecified atom stereocenters. The number of carboxylic acid groups (broad SMARTS) is 1. The van der Waals surface area contributed by atoms with Crippen molar-refractivity contribution in [3.8, 4) is 11.5 Å². The summed E-state index contributed by atoms with van der Waals surface area (Å²) in [5.41, 5.74) is 2.82. The molecule has 0 aliphatic rings. The van der Waals surface area contributed by atoms with E-state index < -0.39 is 5.97 Å². The fourth-order valence-corrected chi connectivity index (χ4v) is 1.88. The summed E-state index contributed by atoms with van der Waals surface area (Å²) < 4.78 is 5.65. The number of ether oxygens (including phenoxy) is 1. The van der Waals surface area contributed by atoms with Crippen molar-refractivity contribution in [1.29, 1.82) is 0 Å². The summed E-state index contributed by atoms with van der Waals surface area (Å²) in [6.45, 7) is 9.47. The summed E-state index contributed by atoms with van der Waals surface area (Å²) in [5, 5.41) is 19.1. The molecule has 0 spiro atoms. The second-order valence-corrected chi connectivity index (χ2v) is 4.83. The topological polar surface area (TPSA) is 66.8 Å². The van der Waals surface area contributed by atoms with Gasteiger partial charge < -0.3 is 14.9 Å². The molecular weight excluding hydrogens is 244 g/mol. The number of benzene rings is 1. The molecule has 0 aromatic heterocycles. The molecule has 1 rings (SSSR count). The van der Waals surface area contributed by atoms with Crippen molar-refractivity contribution in [2.24, 2.45) is 0 Å². The van der Waals surface area contributed by atoms with Crippen LogP contribution in [0.3, 0.4) is 0 Å². The molecule has 4 heteroatoms. The number of aromatic hydroxyl groups is 1. The van der Waals surface area contributed by atoms with Gasteiger partial charge in [-0.25, -0.2) is 4.79 Å². The van der Waals surface area contributed by atoms with Gasteiger partial charge in [-0.15, -0.1) is 0 Å². The van der Waals surface area contributed by atoms with Crippen LogP contribution in [0.15, 0.2) is 11.6 Å². The molecule has 19 heavy (non-hydrogen) atoms. The number of aromatic carboxylic acids is 1. The number of carbonyl (C=O) groups is 1. The van der Waals surface area contributed by atoms with Gasteiger partial charge in [0.15, 0.2) is 0 Å². The molecule has 0 amide bonds. The quantitative estimate of drug-likeness (QED) is 0.818. The summed E-state index contributed by atoms with van der Waals surface area (Å²) >= 11 is 0. The predicted octanol–water partition coefficient (Wildman–Crippen LogP) is 3.36. The Bertz CT molecular complexity index is 509. The molecule has 0 saturated carbocycles. The van der Waals surface area contributed by atoms with Gasteiger partial charge in [-0.2, -0.15) is 0 Å². The normalized spacial score (nSPS) is 10.2. The summed E-state index contributed by atoms with van der Waals surface area (Å²) in [6.07, 6.45) is 1.93. The van der Waals surface area contributed by atoms with Crippen LogP contribution in [0.4, 0.5) is 0 Å². The van der Waals surface area contributed by atoms with Crippen LogP contribution in [0.25, 0.3) is 0 Å². The van der Waals surface area contributed by atoms with E-state index >= 15 is 0 Å². The number of hydrogen-bond acceptors (Lipinski definition) is 3. The molecule has 0 heterocycles. The standard InChI is InChI=1S/C15H20O4/c1-8(2)6-7-19-14-10(4)9(3)12(15(17)18)13(16)11(14)5/h6,16H,7H2,1-5H3,(H,17,18). The first-order valence-corrected chi connectivity index (χ1v) is 6.09. The Morgan fingerprint density at radius 2 is 1.74 bits per heavy atom. The van der Waals surface area contributed by atoms with E-state index in [-0.39, 0.29) is 11.3 Å². The number of allylic oxidation sites excluding steroid dienone is 1. The minimum Gasteiger partial charge on any atom is -0.507 e. The van der Waals surface area contributed by atoms with Crippen LogP contribution in [0.1, 0.15) is 40.9 Å². The Morgan fingerprint density at radius 1 is 1.16 bits per heavy atom. The van der Waals surface area contributed by atoms with Crippen molar-refractivity contribution >= 4 is 5.97 Å². The molecule has 4 nitrogen and oxygen atoms in total. The SMILES string of the molecule is CC(C)=CCOc1c(C)c(C)c(C(=O)O)c(O)c1C. The highest BCUT2D eigenvalue weighted by atomic mass is 16.5. The number of phenols is 1. The lowest BCUT2D eigenvalue weighted by atomic mass is 9.97. The Morgan fingerprint density at radius 3 is 2.21 bits per heavy atom. The molecule has 0 aliphatic heterocycles. The Balaban J connectivity index is 3.28. The second kappa shape index (κ2) is 5.78. The van der Waals surface area contributed by atoms with E-state index in [4.69, 9.17) is 9.84 Å². The molecule has 0 bridgehead atoms. The number of carboxylic acids is 1. The Hall–Kier alpha value is -1.97. The van der Waals surface area contributed by atoms with E-state index in [0.29, 0.717) is 23.5 Å². The largest absolute Gasteiger partial charge is 0.507 e. The molecule has 1 aromatic carbocycles. The van der Waals surface area contributed by atoms with Gasteiger partial charge in [0.2, 0.25) is 0 Å². The van der Waals surface area contributed by atoms with Crippen molar-refractivity contribution in [2.75, 3.05) is 6.61 Å². The molecule has 0 radical (unpaired) electrons. The van der Waals surface area contributed by atoms with Gasteiger partial charge in [0.05, 0.1) is 0 Å². The highest BCUT2D eigenvalue weighted by molar-refractivity contribution is 5.94. The molecule has 0 aliphatic carbocycles. The summed E-state index contributed by atoms with van der Waals surface area (Å²) in [7, 11) is 0. The third-order valence-electron chi connectivity index (χ3n) is 3.14. The maximum atomic E-state index is 11.2. The molecule has 104 valence electrons. The van der Waals surface area contributed by atoms with Gasteiger partial charge in [-0.3, -0.25) is 0 Å². The van der Waals surface area contributed by atoms with E-state index in [1.54, 1.807) is 20.8 Å². The van der Waals surface area contributed by atoms with E-state index in [1.165, 1.54) is 0 Å². The fraction of sp³-hybridized carbons (Fsp3) is 0.400. The summed E-state index contributed by atoms with van der Waals surface area (Å²) in [6, 6.07) is 0. The molecule has 0 fully saturated rings. The van der Waals surface area contributed by atoms with Gasteiger partial charge in [-0.1, -0.05) is 5.57 Å². The molecule has 1 aromatic rings. The van der Waals surface area contributed by atoms with Crippen molar-refractivity contribution < 1.29 is 19.7 Å². The van der Waals surface area contributed by atoms with Crippen LogP contribution in [0, 0.1) is 20.8 Å². The van der Waals surface area contributed by atoms with Crippen molar-refractivity contribution in [1.82, 2.24) is 0 Å². The van der Waals surface area contributed by atoms with Crippen LogP contribution in [-0.4, -0.2) is 22.8 Å². The minimum absolute atomic E-state index is 0.0513. The average molecular weight is 264 g/mol. The van der Waals surface area contributed by atoms with Gasteiger partial charge >= 0.3 is 5.97 Å². The first-order chi connectivity index (χ1) is 8.77. The van der Waals surface area contributed by atoms with Crippen LogP contribution >= 0.6 is 0 Å². The lowest BCUT2D eigenvalue weighted by molar-refractivity contribution is 0.0692. The smallest absolute Gasteiger partial charge is 0.339 e. The first-order valence-electron chi connectivity index (χ1n) is 6.09. The summed E-state index contributed by atoms with van der Waals surface area (Å²) in [5.74, 6) is -0.794. The van der Waals surface area contributed by atoms with E-state index in [9.17, 15) is 9.90 Å². The minimum atomic E-state index is -1.13. The number of hydrogen-bond donors (Lipinski definition) is 2. The lowest BCUT2D eigenvalue weighted by Crippen LogP contribution is -2.07. The van der Waals surface area contributed by atoms with E-state index in [2.05, 4.69) is 0 Å². The molecule has 0 saturated heterocycles. The zero-order chi connectivity index (χ0) is 14.7. The van der Waals surface area contributed by atoms with Crippen LogP contribution in [0.5, 0.6) is 11.5 Å². The van der Waals surface area contributed by atoms with E-state index in [1.807, 2.05) is 19.9 Å². The summed E-state index contributed by atoms with van der Waals surface area (Å²) in [4.78, 5) is 11.2. The van der Waals surface area contributed by atoms with Crippen LogP contribution in [-0.2, 0) is 0 Å². The van der Waals surface area contributed by atoms with Gasteiger partial charge in [-0.05, 0) is 51.8 Å². The highest BCUT2D eigenvalue weighted by Gasteiger charge is 2.22. The zero-order valence-corrected chi connectivity index (χ0v) is 12.0. The third-order valence-corrected chi connectivity index (χ3v) is 3.14. The van der Waals surface area contributed by atoms with Gasteiger partial charge in [0.1, 0.15) is 23.7 Å². The van der Waals surface area contributed by atoms with Gasteiger partial charge in [0.25, 0.3) is 0 Å². The van der Waals surface area contributed by atoms with Crippen molar-refractivity contribution in [3.05, 3.63) is 33.9 Å². The van der Waals surface area contributed by atoms with Crippen LogP contribution in [0.2, 0.25) is 0 Å². The first kappa shape index (κ1) is 15.1. The van der Waals surface area contributed by atoms with E-state index in [0.717, 1.165) is 11.1 Å². The number of rotatable bonds is 4. The third kappa shape index (κ3) is 3.08. The van der Waals surface area contributed by atoms with Gasteiger partial charge in [0, 0.05) is 5.56 Å². The molecular formula is C15H20O4. The molecule has 2 N–H and O–H groups in total. The fourth-order valence-electron chi connectivity index (χ4n) is 1.88. The predicted molar refractivity (Wildman–Crippen MR) is 74.2 cm³/mol. The Labute approximate surface area is 113 Å². The lowest BCUT2D eigenvalue weighted by Gasteiger charge is -2.17. The highest BCUT2D eigenvalue weighted by Crippen LogP contribution is 2.37. The van der Waals surface area contributed by atoms with Crippen molar-refractivity contribution in [3.63, 3.8) is 0 Å².